The average molecular weight is 290 g/mol. The number of ether oxygens (including phenoxy) is 1. The smallest absolute Gasteiger partial charge is 0.232 e. The molecule has 21 heavy (non-hydrogen) atoms. The molecule has 0 saturated carbocycles. The van der Waals surface area contributed by atoms with Crippen molar-refractivity contribution in [3.05, 3.63) is 24.2 Å². The number of hydrogen-bond acceptors (Lipinski definition) is 8. The lowest BCUT2D eigenvalue weighted by Gasteiger charge is -2.27. The van der Waals surface area contributed by atoms with Crippen molar-refractivity contribution in [1.29, 1.82) is 0 Å². The lowest BCUT2D eigenvalue weighted by molar-refractivity contribution is 0.122. The summed E-state index contributed by atoms with van der Waals surface area (Å²) < 4.78 is 10.7. The van der Waals surface area contributed by atoms with Crippen molar-refractivity contribution in [3.63, 3.8) is 0 Å². The Morgan fingerprint density at radius 2 is 2.10 bits per heavy atom. The molecule has 0 aliphatic carbocycles. The molecular weight excluding hydrogens is 272 g/mol. The first-order valence-electron chi connectivity index (χ1n) is 6.80. The molecule has 8 heteroatoms. The quantitative estimate of drug-likeness (QED) is 0.871. The SMILES string of the molecule is CN(Cc1ccco1)c1nc(N)nc(N2CCOCC2)n1. The highest BCUT2D eigenvalue weighted by Gasteiger charge is 2.17. The van der Waals surface area contributed by atoms with E-state index >= 15 is 0 Å². The van der Waals surface area contributed by atoms with Crippen LogP contribution in [-0.2, 0) is 11.3 Å². The summed E-state index contributed by atoms with van der Waals surface area (Å²) in [5, 5.41) is 0. The van der Waals surface area contributed by atoms with Crippen LogP contribution in [0.4, 0.5) is 17.8 Å². The van der Waals surface area contributed by atoms with Gasteiger partial charge in [0.2, 0.25) is 17.8 Å². The van der Waals surface area contributed by atoms with Crippen molar-refractivity contribution < 1.29 is 9.15 Å². The number of morpholine rings is 1. The molecule has 1 aliphatic heterocycles. The fraction of sp³-hybridized carbons (Fsp3) is 0.462. The number of nitrogens with zero attached hydrogens (tertiary/aromatic N) is 5. The molecule has 112 valence electrons. The van der Waals surface area contributed by atoms with E-state index in [0.29, 0.717) is 31.7 Å². The molecule has 0 unspecified atom stereocenters. The van der Waals surface area contributed by atoms with E-state index in [4.69, 9.17) is 14.9 Å². The minimum absolute atomic E-state index is 0.216. The predicted molar refractivity (Wildman–Crippen MR) is 78.1 cm³/mol. The van der Waals surface area contributed by atoms with Gasteiger partial charge in [-0.25, -0.2) is 0 Å². The highest BCUT2D eigenvalue weighted by atomic mass is 16.5. The molecule has 1 aliphatic rings. The van der Waals surface area contributed by atoms with Crippen LogP contribution < -0.4 is 15.5 Å². The Morgan fingerprint density at radius 1 is 1.29 bits per heavy atom. The molecule has 0 radical (unpaired) electrons. The fourth-order valence-electron chi connectivity index (χ4n) is 2.15. The second-order valence-electron chi connectivity index (χ2n) is 4.83. The second kappa shape index (κ2) is 5.96. The molecule has 1 fully saturated rings. The molecule has 2 N–H and O–H groups in total. The third-order valence-corrected chi connectivity index (χ3v) is 3.24. The first-order valence-corrected chi connectivity index (χ1v) is 6.80. The molecule has 0 atom stereocenters. The first-order chi connectivity index (χ1) is 10.2. The van der Waals surface area contributed by atoms with E-state index in [1.807, 2.05) is 29.0 Å². The molecule has 0 spiro atoms. The van der Waals surface area contributed by atoms with Gasteiger partial charge >= 0.3 is 0 Å². The first kappa shape index (κ1) is 13.6. The fourth-order valence-corrected chi connectivity index (χ4v) is 2.15. The summed E-state index contributed by atoms with van der Waals surface area (Å²) in [6.45, 7) is 3.42. The van der Waals surface area contributed by atoms with Crippen LogP contribution in [0.15, 0.2) is 22.8 Å². The van der Waals surface area contributed by atoms with E-state index in [1.165, 1.54) is 0 Å². The van der Waals surface area contributed by atoms with Crippen molar-refractivity contribution in [2.24, 2.45) is 0 Å². The molecule has 3 heterocycles. The maximum absolute atomic E-state index is 5.81. The number of nitrogens with two attached hydrogens (primary N) is 1. The molecule has 0 bridgehead atoms. The highest BCUT2D eigenvalue weighted by Crippen LogP contribution is 2.17. The van der Waals surface area contributed by atoms with Crippen LogP contribution in [-0.4, -0.2) is 48.3 Å². The van der Waals surface area contributed by atoms with Gasteiger partial charge in [0.25, 0.3) is 0 Å². The van der Waals surface area contributed by atoms with E-state index in [0.717, 1.165) is 18.8 Å². The van der Waals surface area contributed by atoms with Gasteiger partial charge in [-0.15, -0.1) is 0 Å². The maximum Gasteiger partial charge on any atom is 0.232 e. The van der Waals surface area contributed by atoms with Gasteiger partial charge in [0, 0.05) is 20.1 Å². The third kappa shape index (κ3) is 3.22. The summed E-state index contributed by atoms with van der Waals surface area (Å²) in [6, 6.07) is 3.76. The number of furan rings is 1. The molecule has 3 rings (SSSR count). The minimum atomic E-state index is 0.216. The van der Waals surface area contributed by atoms with Crippen molar-refractivity contribution in [2.45, 2.75) is 6.54 Å². The number of nitrogen functional groups attached to an aromatic ring is 1. The van der Waals surface area contributed by atoms with Gasteiger partial charge in [-0.3, -0.25) is 0 Å². The zero-order valence-corrected chi connectivity index (χ0v) is 11.9. The summed E-state index contributed by atoms with van der Waals surface area (Å²) in [4.78, 5) is 16.8. The Bertz CT molecular complexity index is 582. The van der Waals surface area contributed by atoms with E-state index in [2.05, 4.69) is 15.0 Å². The summed E-state index contributed by atoms with van der Waals surface area (Å²) in [5.74, 6) is 2.17. The zero-order valence-electron chi connectivity index (χ0n) is 11.9. The summed E-state index contributed by atoms with van der Waals surface area (Å²) in [6.07, 6.45) is 1.64. The monoisotopic (exact) mass is 290 g/mol. The molecular formula is C13H18N6O2. The zero-order chi connectivity index (χ0) is 14.7. The van der Waals surface area contributed by atoms with Gasteiger partial charge in [-0.1, -0.05) is 0 Å². The van der Waals surface area contributed by atoms with Gasteiger partial charge in [-0.2, -0.15) is 15.0 Å². The lowest BCUT2D eigenvalue weighted by Crippen LogP contribution is -2.38. The lowest BCUT2D eigenvalue weighted by atomic mass is 10.4. The molecule has 2 aromatic heterocycles. The van der Waals surface area contributed by atoms with E-state index < -0.39 is 0 Å². The highest BCUT2D eigenvalue weighted by molar-refractivity contribution is 5.43. The Morgan fingerprint density at radius 3 is 2.81 bits per heavy atom. The third-order valence-electron chi connectivity index (χ3n) is 3.24. The van der Waals surface area contributed by atoms with Crippen molar-refractivity contribution in [3.8, 4) is 0 Å². The Labute approximate surface area is 122 Å². The van der Waals surface area contributed by atoms with Crippen LogP contribution in [0, 0.1) is 0 Å². The Hall–Kier alpha value is -2.35. The number of hydrogen-bond donors (Lipinski definition) is 1. The van der Waals surface area contributed by atoms with Crippen LogP contribution in [0.5, 0.6) is 0 Å². The summed E-state index contributed by atoms with van der Waals surface area (Å²) in [5.41, 5.74) is 5.81. The van der Waals surface area contributed by atoms with Gasteiger partial charge in [0.05, 0.1) is 26.0 Å². The molecule has 2 aromatic rings. The number of rotatable bonds is 4. The Kier molecular flexibility index (Phi) is 3.87. The molecule has 8 nitrogen and oxygen atoms in total. The normalized spacial score (nSPS) is 15.2. The minimum Gasteiger partial charge on any atom is -0.467 e. The second-order valence-corrected chi connectivity index (χ2v) is 4.83. The molecule has 0 aromatic carbocycles. The van der Waals surface area contributed by atoms with Crippen LogP contribution in [0.1, 0.15) is 5.76 Å². The predicted octanol–water partition coefficient (Wildman–Crippen LogP) is 0.520. The topological polar surface area (TPSA) is 93.5 Å². The van der Waals surface area contributed by atoms with Crippen LogP contribution in [0.2, 0.25) is 0 Å². The van der Waals surface area contributed by atoms with Crippen molar-refractivity contribution >= 4 is 17.8 Å². The van der Waals surface area contributed by atoms with Gasteiger partial charge < -0.3 is 24.7 Å². The van der Waals surface area contributed by atoms with Crippen LogP contribution >= 0.6 is 0 Å². The molecule has 0 amide bonds. The van der Waals surface area contributed by atoms with Gasteiger partial charge in [-0.05, 0) is 12.1 Å². The van der Waals surface area contributed by atoms with Crippen LogP contribution in [0.3, 0.4) is 0 Å². The van der Waals surface area contributed by atoms with E-state index in [-0.39, 0.29) is 5.95 Å². The standard InChI is InChI=1S/C13H18N6O2/c1-18(9-10-3-2-6-21-10)12-15-11(14)16-13(17-12)19-4-7-20-8-5-19/h2-3,6H,4-5,7-9H2,1H3,(H2,14,15,16,17). The number of anilines is 3. The largest absolute Gasteiger partial charge is 0.467 e. The molecule has 1 saturated heterocycles. The van der Waals surface area contributed by atoms with E-state index in [9.17, 15) is 0 Å². The van der Waals surface area contributed by atoms with Crippen LogP contribution in [0.25, 0.3) is 0 Å². The summed E-state index contributed by atoms with van der Waals surface area (Å²) in [7, 11) is 1.89. The van der Waals surface area contributed by atoms with Crippen molar-refractivity contribution in [1.82, 2.24) is 15.0 Å². The Balaban J connectivity index is 1.79. The number of aromatic nitrogens is 3. The van der Waals surface area contributed by atoms with Gasteiger partial charge in [0.15, 0.2) is 0 Å². The van der Waals surface area contributed by atoms with Crippen molar-refractivity contribution in [2.75, 3.05) is 48.9 Å². The van der Waals surface area contributed by atoms with E-state index in [1.54, 1.807) is 6.26 Å². The summed E-state index contributed by atoms with van der Waals surface area (Å²) >= 11 is 0. The average Bonchev–Trinajstić information content (AvgIpc) is 3.00. The maximum atomic E-state index is 5.81. The van der Waals surface area contributed by atoms with Gasteiger partial charge in [0.1, 0.15) is 5.76 Å².